The standard InChI is InChI=1S/C27H46O/c1-17(2)18(3)6-7-19(4)25-12-13-26-24-10-8-20-16-21(28)9-11-22(20)23(24)14-15-27(25,26)5/h17,19-26,28H,3,6-16H2,1-2,4-5H3/t19-,20+,21+,22+,23-,24-,25-,26+,27-/m1/s1. The summed E-state index contributed by atoms with van der Waals surface area (Å²) in [6, 6.07) is 0. The lowest BCUT2D eigenvalue weighted by Crippen LogP contribution is -2.49. The van der Waals surface area contributed by atoms with Crippen LogP contribution < -0.4 is 0 Å². The number of hydrogen-bond acceptors (Lipinski definition) is 1. The maximum atomic E-state index is 10.1. The first kappa shape index (κ1) is 21.0. The van der Waals surface area contributed by atoms with Crippen molar-refractivity contribution in [3.63, 3.8) is 0 Å². The fourth-order valence-electron chi connectivity index (χ4n) is 8.71. The van der Waals surface area contributed by atoms with Crippen molar-refractivity contribution in [1.29, 1.82) is 0 Å². The van der Waals surface area contributed by atoms with Crippen molar-refractivity contribution in [2.24, 2.45) is 52.8 Å². The molecule has 4 saturated carbocycles. The monoisotopic (exact) mass is 386 g/mol. The Morgan fingerprint density at radius 3 is 2.46 bits per heavy atom. The number of rotatable bonds is 5. The molecular weight excluding hydrogens is 340 g/mol. The van der Waals surface area contributed by atoms with Crippen molar-refractivity contribution < 1.29 is 5.11 Å². The van der Waals surface area contributed by atoms with Gasteiger partial charge in [0.15, 0.2) is 0 Å². The van der Waals surface area contributed by atoms with Crippen LogP contribution in [0.4, 0.5) is 0 Å². The topological polar surface area (TPSA) is 20.2 Å². The van der Waals surface area contributed by atoms with Gasteiger partial charge >= 0.3 is 0 Å². The minimum absolute atomic E-state index is 0.00366. The molecule has 9 atom stereocenters. The van der Waals surface area contributed by atoms with Crippen molar-refractivity contribution in [2.75, 3.05) is 0 Å². The SMILES string of the molecule is C=C(CC[C@@H](C)[C@H]1CC[C@H]2[C@@H]3CC[C@H]4C[C@@H](O)CC[C@@H]4[C@H]3CC[C@]12C)C(C)C. The Hall–Kier alpha value is -0.300. The molecule has 0 saturated heterocycles. The van der Waals surface area contributed by atoms with Gasteiger partial charge in [-0.15, -0.1) is 0 Å². The second-order valence-electron chi connectivity index (χ2n) is 12.0. The van der Waals surface area contributed by atoms with Gasteiger partial charge in [-0.25, -0.2) is 0 Å². The lowest BCUT2D eigenvalue weighted by Gasteiger charge is -2.56. The quantitative estimate of drug-likeness (QED) is 0.493. The summed E-state index contributed by atoms with van der Waals surface area (Å²) < 4.78 is 0. The van der Waals surface area contributed by atoms with E-state index in [1.54, 1.807) is 0 Å². The van der Waals surface area contributed by atoms with E-state index in [9.17, 15) is 5.11 Å². The molecule has 0 aromatic heterocycles. The largest absolute Gasteiger partial charge is 0.393 e. The molecule has 0 aliphatic heterocycles. The van der Waals surface area contributed by atoms with E-state index >= 15 is 0 Å². The molecule has 4 rings (SSSR count). The molecule has 28 heavy (non-hydrogen) atoms. The average Bonchev–Trinajstić information content (AvgIpc) is 3.02. The third-order valence-corrected chi connectivity index (χ3v) is 10.4. The minimum atomic E-state index is 0.00366. The molecule has 0 unspecified atom stereocenters. The van der Waals surface area contributed by atoms with Gasteiger partial charge in [0.1, 0.15) is 0 Å². The van der Waals surface area contributed by atoms with Crippen LogP contribution >= 0.6 is 0 Å². The predicted octanol–water partition coefficient (Wildman–Crippen LogP) is 7.24. The number of allylic oxidation sites excluding steroid dienone is 1. The van der Waals surface area contributed by atoms with Crippen molar-refractivity contribution in [2.45, 2.75) is 104 Å². The van der Waals surface area contributed by atoms with Crippen LogP contribution in [-0.4, -0.2) is 11.2 Å². The minimum Gasteiger partial charge on any atom is -0.393 e. The summed E-state index contributed by atoms with van der Waals surface area (Å²) >= 11 is 0. The Morgan fingerprint density at radius 2 is 1.71 bits per heavy atom. The van der Waals surface area contributed by atoms with Crippen LogP contribution in [0.1, 0.15) is 98.3 Å². The first-order valence-corrected chi connectivity index (χ1v) is 12.7. The predicted molar refractivity (Wildman–Crippen MR) is 119 cm³/mol. The van der Waals surface area contributed by atoms with E-state index in [2.05, 4.69) is 34.3 Å². The Labute approximate surface area is 174 Å². The maximum absolute atomic E-state index is 10.1. The molecule has 1 heteroatoms. The lowest BCUT2D eigenvalue weighted by molar-refractivity contribution is -0.0820. The molecule has 0 aromatic rings. The van der Waals surface area contributed by atoms with E-state index in [0.717, 1.165) is 54.3 Å². The highest BCUT2D eigenvalue weighted by molar-refractivity contribution is 5.07. The molecule has 1 nitrogen and oxygen atoms in total. The highest BCUT2D eigenvalue weighted by atomic mass is 16.3. The molecule has 0 aromatic carbocycles. The molecule has 0 radical (unpaired) electrons. The molecule has 1 N–H and O–H groups in total. The van der Waals surface area contributed by atoms with Crippen molar-refractivity contribution >= 4 is 0 Å². The molecule has 0 heterocycles. The van der Waals surface area contributed by atoms with E-state index in [4.69, 9.17) is 0 Å². The molecule has 4 fully saturated rings. The van der Waals surface area contributed by atoms with E-state index in [0.29, 0.717) is 11.3 Å². The first-order valence-electron chi connectivity index (χ1n) is 12.7. The van der Waals surface area contributed by atoms with Gasteiger partial charge in [-0.1, -0.05) is 39.8 Å². The zero-order valence-corrected chi connectivity index (χ0v) is 19.1. The summed E-state index contributed by atoms with van der Waals surface area (Å²) in [5.41, 5.74) is 2.05. The van der Waals surface area contributed by atoms with Gasteiger partial charge in [0, 0.05) is 0 Å². The van der Waals surface area contributed by atoms with Gasteiger partial charge in [-0.2, -0.15) is 0 Å². The van der Waals surface area contributed by atoms with E-state index < -0.39 is 0 Å². The maximum Gasteiger partial charge on any atom is 0.0543 e. The summed E-state index contributed by atoms with van der Waals surface area (Å²) in [4.78, 5) is 0. The van der Waals surface area contributed by atoms with E-state index in [1.807, 2.05) is 0 Å². The molecule has 160 valence electrons. The molecule has 0 amide bonds. The molecule has 4 aliphatic carbocycles. The van der Waals surface area contributed by atoms with Crippen LogP contribution in [0.2, 0.25) is 0 Å². The molecule has 4 aliphatic rings. The van der Waals surface area contributed by atoms with E-state index in [-0.39, 0.29) is 6.10 Å². The Morgan fingerprint density at radius 1 is 0.964 bits per heavy atom. The summed E-state index contributed by atoms with van der Waals surface area (Å²) in [7, 11) is 0. The number of aliphatic hydroxyl groups excluding tert-OH is 1. The zero-order valence-electron chi connectivity index (χ0n) is 19.1. The number of fused-ring (bicyclic) bond motifs is 5. The Kier molecular flexibility index (Phi) is 6.05. The molecule has 0 bridgehead atoms. The normalized spacial score (nSPS) is 46.6. The Balaban J connectivity index is 1.43. The second-order valence-corrected chi connectivity index (χ2v) is 12.0. The van der Waals surface area contributed by atoms with Crippen LogP contribution in [0, 0.1) is 52.8 Å². The van der Waals surface area contributed by atoms with Gasteiger partial charge < -0.3 is 5.11 Å². The number of aliphatic hydroxyl groups is 1. The smallest absolute Gasteiger partial charge is 0.0543 e. The third-order valence-electron chi connectivity index (χ3n) is 10.4. The van der Waals surface area contributed by atoms with Crippen LogP contribution in [-0.2, 0) is 0 Å². The van der Waals surface area contributed by atoms with Crippen LogP contribution in [0.25, 0.3) is 0 Å². The summed E-state index contributed by atoms with van der Waals surface area (Å²) in [6.45, 7) is 14.2. The first-order chi connectivity index (χ1) is 13.3. The van der Waals surface area contributed by atoms with Crippen LogP contribution in [0.15, 0.2) is 12.2 Å². The summed E-state index contributed by atoms with van der Waals surface area (Å²) in [5, 5.41) is 10.1. The summed E-state index contributed by atoms with van der Waals surface area (Å²) in [6.07, 6.45) is 14.9. The van der Waals surface area contributed by atoms with Gasteiger partial charge in [0.2, 0.25) is 0 Å². The molecular formula is C27H46O. The lowest BCUT2D eigenvalue weighted by atomic mass is 9.49. The fraction of sp³-hybridized carbons (Fsp3) is 0.926. The highest BCUT2D eigenvalue weighted by Gasteiger charge is 2.57. The van der Waals surface area contributed by atoms with Crippen LogP contribution in [0.5, 0.6) is 0 Å². The van der Waals surface area contributed by atoms with Crippen molar-refractivity contribution in [1.82, 2.24) is 0 Å². The van der Waals surface area contributed by atoms with Gasteiger partial charge in [0.25, 0.3) is 0 Å². The van der Waals surface area contributed by atoms with Crippen molar-refractivity contribution in [3.8, 4) is 0 Å². The number of hydrogen-bond donors (Lipinski definition) is 1. The van der Waals surface area contributed by atoms with Crippen molar-refractivity contribution in [3.05, 3.63) is 12.2 Å². The van der Waals surface area contributed by atoms with Gasteiger partial charge in [0.05, 0.1) is 6.10 Å². The van der Waals surface area contributed by atoms with Gasteiger partial charge in [-0.3, -0.25) is 0 Å². The highest BCUT2D eigenvalue weighted by Crippen LogP contribution is 2.65. The Bertz CT molecular complexity index is 565. The average molecular weight is 387 g/mol. The second kappa shape index (κ2) is 8.09. The van der Waals surface area contributed by atoms with Crippen LogP contribution in [0.3, 0.4) is 0 Å². The van der Waals surface area contributed by atoms with E-state index in [1.165, 1.54) is 63.4 Å². The fourth-order valence-corrected chi connectivity index (χ4v) is 8.71. The summed E-state index contributed by atoms with van der Waals surface area (Å²) in [5.74, 6) is 7.17. The van der Waals surface area contributed by atoms with Gasteiger partial charge in [-0.05, 0) is 123 Å². The third kappa shape index (κ3) is 3.63. The molecule has 0 spiro atoms. The zero-order chi connectivity index (χ0) is 20.1.